The van der Waals surface area contributed by atoms with Crippen LogP contribution in [-0.4, -0.2) is 67.0 Å². The Balaban J connectivity index is 1.40. The molecule has 0 bridgehead atoms. The van der Waals surface area contributed by atoms with Gasteiger partial charge in [0.15, 0.2) is 5.82 Å². The van der Waals surface area contributed by atoms with Gasteiger partial charge < -0.3 is 4.90 Å². The molecule has 0 atom stereocenters. The maximum absolute atomic E-state index is 12.8. The van der Waals surface area contributed by atoms with E-state index in [-0.39, 0.29) is 17.2 Å². The number of carbonyl (C=O) groups excluding carboxylic acids is 1. The van der Waals surface area contributed by atoms with Gasteiger partial charge in [0.1, 0.15) is 5.56 Å². The molecule has 1 saturated heterocycles. The summed E-state index contributed by atoms with van der Waals surface area (Å²) < 4.78 is 1.71. The average molecular weight is 407 g/mol. The largest absolute Gasteiger partial charge is 0.336 e. The molecule has 2 heterocycles. The van der Waals surface area contributed by atoms with E-state index >= 15 is 0 Å². The molecule has 2 aromatic carbocycles. The molecule has 1 aliphatic heterocycles. The van der Waals surface area contributed by atoms with E-state index in [9.17, 15) is 14.9 Å². The Bertz CT molecular complexity index is 1060. The summed E-state index contributed by atoms with van der Waals surface area (Å²) in [5.41, 5.74) is 2.01. The fourth-order valence-corrected chi connectivity index (χ4v) is 3.48. The van der Waals surface area contributed by atoms with Crippen LogP contribution in [0.25, 0.3) is 5.69 Å². The molecule has 0 spiro atoms. The first-order chi connectivity index (χ1) is 14.5. The molecule has 0 unspecified atom stereocenters. The van der Waals surface area contributed by atoms with Crippen molar-refractivity contribution in [3.63, 3.8) is 0 Å². The summed E-state index contributed by atoms with van der Waals surface area (Å²) in [7, 11) is 0. The second kappa shape index (κ2) is 8.37. The van der Waals surface area contributed by atoms with Crippen LogP contribution < -0.4 is 0 Å². The molecule has 0 saturated carbocycles. The van der Waals surface area contributed by atoms with E-state index in [0.717, 1.165) is 17.1 Å². The van der Waals surface area contributed by atoms with Crippen LogP contribution in [0.5, 0.6) is 0 Å². The number of nitrogens with zero attached hydrogens (tertiary/aromatic N) is 7. The molecular weight excluding hydrogens is 386 g/mol. The number of rotatable bonds is 5. The van der Waals surface area contributed by atoms with E-state index < -0.39 is 4.92 Å². The molecule has 4 rings (SSSR count). The van der Waals surface area contributed by atoms with Crippen LogP contribution in [-0.2, 0) is 6.54 Å². The van der Waals surface area contributed by atoms with Crippen LogP contribution in [0, 0.1) is 17.0 Å². The van der Waals surface area contributed by atoms with Crippen molar-refractivity contribution in [3.8, 4) is 5.69 Å². The minimum atomic E-state index is -0.519. The van der Waals surface area contributed by atoms with Crippen LogP contribution in [0.1, 0.15) is 21.7 Å². The van der Waals surface area contributed by atoms with Gasteiger partial charge in [0.05, 0.1) is 17.2 Å². The Morgan fingerprint density at radius 3 is 2.47 bits per heavy atom. The van der Waals surface area contributed by atoms with Crippen molar-refractivity contribution in [2.24, 2.45) is 0 Å². The van der Waals surface area contributed by atoms with Gasteiger partial charge in [-0.3, -0.25) is 19.8 Å². The highest BCUT2D eigenvalue weighted by atomic mass is 16.6. The second-order valence-electron chi connectivity index (χ2n) is 7.19. The van der Waals surface area contributed by atoms with Crippen LogP contribution >= 0.6 is 0 Å². The van der Waals surface area contributed by atoms with Crippen molar-refractivity contribution in [2.45, 2.75) is 13.5 Å². The second-order valence-corrected chi connectivity index (χ2v) is 7.19. The van der Waals surface area contributed by atoms with Gasteiger partial charge in [-0.2, -0.15) is 4.68 Å². The molecule has 3 aromatic rings. The van der Waals surface area contributed by atoms with Crippen LogP contribution in [0.3, 0.4) is 0 Å². The lowest BCUT2D eigenvalue weighted by molar-refractivity contribution is -0.385. The Hall–Kier alpha value is -3.66. The molecule has 10 nitrogen and oxygen atoms in total. The Morgan fingerprint density at radius 2 is 1.77 bits per heavy atom. The predicted molar refractivity (Wildman–Crippen MR) is 108 cm³/mol. The number of nitro groups is 1. The fourth-order valence-electron chi connectivity index (χ4n) is 3.48. The molecule has 1 fully saturated rings. The zero-order chi connectivity index (χ0) is 21.1. The number of benzene rings is 2. The maximum Gasteiger partial charge on any atom is 0.282 e. The van der Waals surface area contributed by atoms with Gasteiger partial charge in [0.25, 0.3) is 11.6 Å². The summed E-state index contributed by atoms with van der Waals surface area (Å²) >= 11 is 0. The highest BCUT2D eigenvalue weighted by Crippen LogP contribution is 2.20. The number of amides is 1. The van der Waals surface area contributed by atoms with Crippen molar-refractivity contribution in [1.29, 1.82) is 0 Å². The molecule has 0 aliphatic carbocycles. The third kappa shape index (κ3) is 4.03. The van der Waals surface area contributed by atoms with Gasteiger partial charge in [-0.15, -0.1) is 5.10 Å². The number of hydrogen-bond acceptors (Lipinski definition) is 7. The molecule has 1 amide bonds. The number of carbonyl (C=O) groups is 1. The SMILES string of the molecule is Cc1ccc(-n2nnnc2CN2CCN(C(=O)c3ccccc3[N+](=O)[O-])CC2)cc1. The van der Waals surface area contributed by atoms with E-state index in [1.54, 1.807) is 21.7 Å². The lowest BCUT2D eigenvalue weighted by atomic mass is 10.1. The third-order valence-electron chi connectivity index (χ3n) is 5.17. The number of tetrazole rings is 1. The minimum absolute atomic E-state index is 0.124. The zero-order valence-electron chi connectivity index (χ0n) is 16.5. The zero-order valence-corrected chi connectivity index (χ0v) is 16.5. The number of aryl methyl sites for hydroxylation is 1. The maximum atomic E-state index is 12.8. The van der Waals surface area contributed by atoms with E-state index in [0.29, 0.717) is 32.7 Å². The smallest absolute Gasteiger partial charge is 0.282 e. The van der Waals surface area contributed by atoms with Crippen molar-refractivity contribution in [2.75, 3.05) is 26.2 Å². The van der Waals surface area contributed by atoms with Crippen molar-refractivity contribution in [1.82, 2.24) is 30.0 Å². The first kappa shape index (κ1) is 19.6. The molecule has 30 heavy (non-hydrogen) atoms. The van der Waals surface area contributed by atoms with Crippen molar-refractivity contribution >= 4 is 11.6 Å². The van der Waals surface area contributed by atoms with E-state index in [1.165, 1.54) is 12.1 Å². The van der Waals surface area contributed by atoms with Crippen LogP contribution in [0.15, 0.2) is 48.5 Å². The molecular formula is C20H21N7O3. The normalized spacial score (nSPS) is 14.6. The van der Waals surface area contributed by atoms with E-state index in [2.05, 4.69) is 20.4 Å². The Labute approximate surface area is 172 Å². The summed E-state index contributed by atoms with van der Waals surface area (Å²) in [6, 6.07) is 14.0. The lowest BCUT2D eigenvalue weighted by Crippen LogP contribution is -2.48. The number of piperazine rings is 1. The molecule has 10 heteroatoms. The van der Waals surface area contributed by atoms with Crippen molar-refractivity contribution < 1.29 is 9.72 Å². The fraction of sp³-hybridized carbons (Fsp3) is 0.300. The number of aromatic nitrogens is 4. The Kier molecular flexibility index (Phi) is 5.48. The quantitative estimate of drug-likeness (QED) is 0.469. The number of nitro benzene ring substituents is 1. The first-order valence-corrected chi connectivity index (χ1v) is 9.62. The van der Waals surface area contributed by atoms with Gasteiger partial charge in [-0.05, 0) is 35.5 Å². The number of para-hydroxylation sites is 1. The van der Waals surface area contributed by atoms with E-state index in [1.807, 2.05) is 31.2 Å². The van der Waals surface area contributed by atoms with E-state index in [4.69, 9.17) is 0 Å². The van der Waals surface area contributed by atoms with Gasteiger partial charge in [0.2, 0.25) is 0 Å². The molecule has 1 aliphatic rings. The number of hydrogen-bond donors (Lipinski definition) is 0. The third-order valence-corrected chi connectivity index (χ3v) is 5.17. The minimum Gasteiger partial charge on any atom is -0.336 e. The summed E-state index contributed by atoms with van der Waals surface area (Å²) in [6.45, 7) is 4.80. The first-order valence-electron chi connectivity index (χ1n) is 9.62. The summed E-state index contributed by atoms with van der Waals surface area (Å²) in [6.07, 6.45) is 0. The van der Waals surface area contributed by atoms with Crippen LogP contribution in [0.4, 0.5) is 5.69 Å². The van der Waals surface area contributed by atoms with Crippen LogP contribution in [0.2, 0.25) is 0 Å². The summed E-state index contributed by atoms with van der Waals surface area (Å²) in [5.74, 6) is 0.406. The highest BCUT2D eigenvalue weighted by molar-refractivity contribution is 5.98. The van der Waals surface area contributed by atoms with Gasteiger partial charge >= 0.3 is 0 Å². The summed E-state index contributed by atoms with van der Waals surface area (Å²) in [4.78, 5) is 27.3. The van der Waals surface area contributed by atoms with Gasteiger partial charge in [0, 0.05) is 32.2 Å². The lowest BCUT2D eigenvalue weighted by Gasteiger charge is -2.34. The molecule has 0 N–H and O–H groups in total. The topological polar surface area (TPSA) is 110 Å². The average Bonchev–Trinajstić information content (AvgIpc) is 3.22. The summed E-state index contributed by atoms with van der Waals surface area (Å²) in [5, 5.41) is 23.3. The van der Waals surface area contributed by atoms with Gasteiger partial charge in [-0.1, -0.05) is 29.8 Å². The molecule has 154 valence electrons. The Morgan fingerprint density at radius 1 is 1.07 bits per heavy atom. The monoisotopic (exact) mass is 407 g/mol. The van der Waals surface area contributed by atoms with Gasteiger partial charge in [-0.25, -0.2) is 0 Å². The standard InChI is InChI=1S/C20H21N7O3/c1-15-6-8-16(9-7-15)26-19(21-22-23-26)14-24-10-12-25(13-11-24)20(28)17-4-2-3-5-18(17)27(29)30/h2-9H,10-14H2,1H3. The molecule has 0 radical (unpaired) electrons. The van der Waals surface area contributed by atoms with Crippen molar-refractivity contribution in [3.05, 3.63) is 75.6 Å². The molecule has 1 aromatic heterocycles. The predicted octanol–water partition coefficient (Wildman–Crippen LogP) is 1.84. The highest BCUT2D eigenvalue weighted by Gasteiger charge is 2.27.